The molecule has 21 heavy (non-hydrogen) atoms. The first-order valence-corrected chi connectivity index (χ1v) is 7.84. The summed E-state index contributed by atoms with van der Waals surface area (Å²) in [5.74, 6) is -0.865. The van der Waals surface area contributed by atoms with E-state index >= 15 is 0 Å². The molecule has 1 atom stereocenters. The minimum atomic E-state index is -0.865. The van der Waals surface area contributed by atoms with Gasteiger partial charge in [-0.05, 0) is 40.3 Å². The van der Waals surface area contributed by atoms with Crippen molar-refractivity contribution >= 4 is 12.0 Å². The van der Waals surface area contributed by atoms with Gasteiger partial charge in [0.05, 0.1) is 6.42 Å². The van der Waals surface area contributed by atoms with Gasteiger partial charge in [0, 0.05) is 31.7 Å². The van der Waals surface area contributed by atoms with E-state index < -0.39 is 5.97 Å². The van der Waals surface area contributed by atoms with E-state index in [9.17, 15) is 9.59 Å². The van der Waals surface area contributed by atoms with Crippen LogP contribution < -0.4 is 0 Å². The molecule has 0 spiro atoms. The number of carbonyl (C=O) groups excluding carboxylic acids is 1. The summed E-state index contributed by atoms with van der Waals surface area (Å²) >= 11 is 0. The number of likely N-dealkylation sites (N-methyl/N-ethyl adjacent to an activating group) is 1. The number of urea groups is 1. The molecule has 0 aromatic heterocycles. The zero-order valence-corrected chi connectivity index (χ0v) is 13.7. The van der Waals surface area contributed by atoms with Gasteiger partial charge >= 0.3 is 12.0 Å². The summed E-state index contributed by atoms with van der Waals surface area (Å²) in [6, 6.07) is 0.194. The fraction of sp³-hybridized carbons (Fsp3) is 0.867. The lowest BCUT2D eigenvalue weighted by molar-refractivity contribution is -0.137. The van der Waals surface area contributed by atoms with Crippen molar-refractivity contribution in [2.45, 2.75) is 52.1 Å². The average Bonchev–Trinajstić information content (AvgIpc) is 2.59. The molecule has 0 aromatic carbocycles. The van der Waals surface area contributed by atoms with E-state index in [0.717, 1.165) is 32.5 Å². The Morgan fingerprint density at radius 1 is 1.33 bits per heavy atom. The summed E-state index contributed by atoms with van der Waals surface area (Å²) in [5, 5.41) is 8.86. The molecule has 122 valence electrons. The Morgan fingerprint density at radius 2 is 2.00 bits per heavy atom. The van der Waals surface area contributed by atoms with Crippen LogP contribution in [-0.2, 0) is 4.79 Å². The fourth-order valence-electron chi connectivity index (χ4n) is 2.80. The SMILES string of the molecule is CCC1CN(C)CCCN1C(=O)N(CCC(=O)O)C(C)C. The van der Waals surface area contributed by atoms with E-state index in [1.807, 2.05) is 18.7 Å². The van der Waals surface area contributed by atoms with Crippen molar-refractivity contribution < 1.29 is 14.7 Å². The number of amides is 2. The normalized spacial score (nSPS) is 20.4. The van der Waals surface area contributed by atoms with Crippen LogP contribution in [0.3, 0.4) is 0 Å². The number of nitrogens with zero attached hydrogens (tertiary/aromatic N) is 3. The van der Waals surface area contributed by atoms with Crippen LogP contribution in [0, 0.1) is 0 Å². The first kappa shape index (κ1) is 17.8. The highest BCUT2D eigenvalue weighted by Crippen LogP contribution is 2.16. The van der Waals surface area contributed by atoms with Crippen molar-refractivity contribution in [2.75, 3.05) is 33.2 Å². The summed E-state index contributed by atoms with van der Waals surface area (Å²) in [7, 11) is 2.08. The topological polar surface area (TPSA) is 64.1 Å². The Labute approximate surface area is 127 Å². The predicted molar refractivity (Wildman–Crippen MR) is 82.4 cm³/mol. The number of aliphatic carboxylic acids is 1. The molecule has 0 bridgehead atoms. The monoisotopic (exact) mass is 299 g/mol. The van der Waals surface area contributed by atoms with Gasteiger partial charge in [0.25, 0.3) is 0 Å². The average molecular weight is 299 g/mol. The number of carboxylic acid groups (broad SMARTS) is 1. The Hall–Kier alpha value is -1.30. The van der Waals surface area contributed by atoms with Crippen LogP contribution in [0.2, 0.25) is 0 Å². The van der Waals surface area contributed by atoms with Crippen LogP contribution in [0.1, 0.15) is 40.0 Å². The van der Waals surface area contributed by atoms with Crippen molar-refractivity contribution in [3.05, 3.63) is 0 Å². The molecule has 1 rings (SSSR count). The molecule has 0 saturated carbocycles. The highest BCUT2D eigenvalue weighted by atomic mass is 16.4. The molecule has 1 unspecified atom stereocenters. The molecule has 1 fully saturated rings. The molecule has 1 saturated heterocycles. The maximum atomic E-state index is 12.8. The third-order valence-corrected chi connectivity index (χ3v) is 4.05. The molecule has 0 aliphatic carbocycles. The minimum Gasteiger partial charge on any atom is -0.481 e. The largest absolute Gasteiger partial charge is 0.481 e. The predicted octanol–water partition coefficient (Wildman–Crippen LogP) is 1.71. The van der Waals surface area contributed by atoms with E-state index in [1.165, 1.54) is 0 Å². The summed E-state index contributed by atoms with van der Waals surface area (Å²) in [6.07, 6.45) is 1.87. The quantitative estimate of drug-likeness (QED) is 0.839. The lowest BCUT2D eigenvalue weighted by atomic mass is 10.2. The summed E-state index contributed by atoms with van der Waals surface area (Å²) < 4.78 is 0. The van der Waals surface area contributed by atoms with Crippen LogP contribution in [-0.4, -0.2) is 77.1 Å². The second-order valence-corrected chi connectivity index (χ2v) is 6.08. The van der Waals surface area contributed by atoms with Crippen molar-refractivity contribution in [1.82, 2.24) is 14.7 Å². The maximum absolute atomic E-state index is 12.8. The van der Waals surface area contributed by atoms with E-state index in [4.69, 9.17) is 5.11 Å². The molecular weight excluding hydrogens is 270 g/mol. The summed E-state index contributed by atoms with van der Waals surface area (Å²) in [4.78, 5) is 29.5. The smallest absolute Gasteiger partial charge is 0.320 e. The molecule has 0 radical (unpaired) electrons. The van der Waals surface area contributed by atoms with Gasteiger partial charge in [-0.15, -0.1) is 0 Å². The number of rotatable bonds is 5. The van der Waals surface area contributed by atoms with Gasteiger partial charge < -0.3 is 19.8 Å². The minimum absolute atomic E-state index is 0.00550. The van der Waals surface area contributed by atoms with E-state index in [1.54, 1.807) is 4.90 Å². The first-order chi connectivity index (χ1) is 9.86. The Kier molecular flexibility index (Phi) is 6.95. The van der Waals surface area contributed by atoms with Crippen LogP contribution in [0.15, 0.2) is 0 Å². The summed E-state index contributed by atoms with van der Waals surface area (Å²) in [5.41, 5.74) is 0. The van der Waals surface area contributed by atoms with Gasteiger partial charge in [0.2, 0.25) is 0 Å². The Morgan fingerprint density at radius 3 is 2.52 bits per heavy atom. The number of hydrogen-bond donors (Lipinski definition) is 1. The second-order valence-electron chi connectivity index (χ2n) is 6.08. The van der Waals surface area contributed by atoms with Crippen LogP contribution in [0.4, 0.5) is 4.79 Å². The molecule has 0 aromatic rings. The molecule has 6 nitrogen and oxygen atoms in total. The fourth-order valence-corrected chi connectivity index (χ4v) is 2.80. The van der Waals surface area contributed by atoms with Gasteiger partial charge in [-0.2, -0.15) is 0 Å². The van der Waals surface area contributed by atoms with E-state index in [0.29, 0.717) is 0 Å². The lowest BCUT2D eigenvalue weighted by Gasteiger charge is -2.36. The lowest BCUT2D eigenvalue weighted by Crippen LogP contribution is -2.52. The summed E-state index contributed by atoms with van der Waals surface area (Å²) in [6.45, 7) is 8.87. The van der Waals surface area contributed by atoms with Crippen molar-refractivity contribution in [1.29, 1.82) is 0 Å². The van der Waals surface area contributed by atoms with E-state index in [2.05, 4.69) is 18.9 Å². The Bertz CT molecular complexity index is 360. The molecule has 6 heteroatoms. The van der Waals surface area contributed by atoms with Crippen LogP contribution in [0.5, 0.6) is 0 Å². The van der Waals surface area contributed by atoms with Gasteiger partial charge in [-0.3, -0.25) is 4.79 Å². The van der Waals surface area contributed by atoms with Gasteiger partial charge in [0.1, 0.15) is 0 Å². The third kappa shape index (κ3) is 5.19. The third-order valence-electron chi connectivity index (χ3n) is 4.05. The van der Waals surface area contributed by atoms with Gasteiger partial charge in [0.15, 0.2) is 0 Å². The van der Waals surface area contributed by atoms with Crippen molar-refractivity contribution in [3.8, 4) is 0 Å². The zero-order chi connectivity index (χ0) is 16.0. The van der Waals surface area contributed by atoms with Gasteiger partial charge in [-0.25, -0.2) is 4.79 Å². The molecule has 2 amide bonds. The number of carbonyl (C=O) groups is 2. The van der Waals surface area contributed by atoms with E-state index in [-0.39, 0.29) is 31.1 Å². The Balaban J connectivity index is 2.81. The highest BCUT2D eigenvalue weighted by molar-refractivity contribution is 5.76. The van der Waals surface area contributed by atoms with Crippen LogP contribution in [0.25, 0.3) is 0 Å². The highest BCUT2D eigenvalue weighted by Gasteiger charge is 2.30. The molecule has 1 heterocycles. The van der Waals surface area contributed by atoms with Gasteiger partial charge in [-0.1, -0.05) is 6.92 Å². The number of hydrogen-bond acceptors (Lipinski definition) is 3. The maximum Gasteiger partial charge on any atom is 0.320 e. The van der Waals surface area contributed by atoms with Crippen molar-refractivity contribution in [3.63, 3.8) is 0 Å². The van der Waals surface area contributed by atoms with Crippen LogP contribution >= 0.6 is 0 Å². The zero-order valence-electron chi connectivity index (χ0n) is 13.7. The molecular formula is C15H29N3O3. The second kappa shape index (κ2) is 8.22. The molecule has 1 N–H and O–H groups in total. The molecule has 1 aliphatic heterocycles. The number of carboxylic acids is 1. The van der Waals surface area contributed by atoms with Crippen molar-refractivity contribution in [2.24, 2.45) is 0 Å². The molecule has 1 aliphatic rings. The first-order valence-electron chi connectivity index (χ1n) is 7.84. The standard InChI is InChI=1S/C15H29N3O3/c1-5-13-11-16(4)8-6-9-18(13)15(21)17(12(2)3)10-7-14(19)20/h12-13H,5-11H2,1-4H3,(H,19,20).